The van der Waals surface area contributed by atoms with Crippen LogP contribution < -0.4 is 5.32 Å². The molecule has 0 fully saturated rings. The molecule has 3 nitrogen and oxygen atoms in total. The van der Waals surface area contributed by atoms with Crippen LogP contribution in [0.4, 0.5) is 0 Å². The predicted octanol–water partition coefficient (Wildman–Crippen LogP) is 15.0. The van der Waals surface area contributed by atoms with Gasteiger partial charge in [0.15, 0.2) is 0 Å². The highest BCUT2D eigenvalue weighted by atomic mass is 15.0. The van der Waals surface area contributed by atoms with E-state index in [1.807, 2.05) is 0 Å². The second-order valence-electron chi connectivity index (χ2n) is 16.2. The molecule has 0 saturated heterocycles. The molecule has 12 rings (SSSR count). The molecule has 1 atom stereocenters. The Morgan fingerprint density at radius 1 is 0.323 bits per heavy atom. The monoisotopic (exact) mass is 791 g/mol. The molecule has 0 radical (unpaired) electrons. The number of para-hydroxylation sites is 4. The average Bonchev–Trinajstić information content (AvgIpc) is 3.87. The van der Waals surface area contributed by atoms with E-state index in [-0.39, 0.29) is 6.04 Å². The fraction of sp³-hybridized carbons (Fsp3) is 0.0169. The molecular formula is C59H41N3. The second kappa shape index (κ2) is 14.8. The van der Waals surface area contributed by atoms with Crippen molar-refractivity contribution in [3.05, 3.63) is 253 Å². The highest BCUT2D eigenvalue weighted by molar-refractivity contribution is 6.10. The molecule has 292 valence electrons. The molecular weight excluding hydrogens is 751 g/mol. The van der Waals surface area contributed by atoms with Crippen LogP contribution in [-0.4, -0.2) is 9.13 Å². The lowest BCUT2D eigenvalue weighted by Gasteiger charge is -2.26. The zero-order valence-corrected chi connectivity index (χ0v) is 34.0. The Kier molecular flexibility index (Phi) is 8.57. The summed E-state index contributed by atoms with van der Waals surface area (Å²) in [5.74, 6) is 0. The molecule has 1 aliphatic heterocycles. The van der Waals surface area contributed by atoms with E-state index in [0.717, 1.165) is 22.6 Å². The minimum absolute atomic E-state index is 0.0860. The largest absolute Gasteiger partial charge is 0.374 e. The number of nitrogens with one attached hydrogen (secondary N) is 1. The Morgan fingerprint density at radius 3 is 1.34 bits per heavy atom. The van der Waals surface area contributed by atoms with E-state index < -0.39 is 0 Å². The highest BCUT2D eigenvalue weighted by Gasteiger charge is 2.21. The number of dihydropyridines is 1. The predicted molar refractivity (Wildman–Crippen MR) is 261 cm³/mol. The first-order valence-corrected chi connectivity index (χ1v) is 21.4. The lowest BCUT2D eigenvalue weighted by molar-refractivity contribution is 0.765. The van der Waals surface area contributed by atoms with Crippen molar-refractivity contribution in [2.75, 3.05) is 0 Å². The standard InChI is InChI=1S/C59H41N3/c1-2-15-40(16-3-1)43-17-12-18-44(35-43)41-31-33-42(34-32-41)47-38-54(45-19-13-21-48(36-45)61-56-27-8-4-23-50(56)51-24-5-9-28-57(51)61)60-55(39-47)46-20-14-22-49(37-46)62-58-29-10-6-25-52(58)53-26-7-11-30-59(53)62/h1-39,54,60H. The second-order valence-corrected chi connectivity index (χ2v) is 16.2. The number of nitrogens with zero attached hydrogens (tertiary/aromatic N) is 2. The lowest BCUT2D eigenvalue weighted by atomic mass is 9.92. The Balaban J connectivity index is 0.969. The molecule has 1 unspecified atom stereocenters. The van der Waals surface area contributed by atoms with E-state index in [2.05, 4.69) is 251 Å². The van der Waals surface area contributed by atoms with Crippen molar-refractivity contribution in [1.82, 2.24) is 14.5 Å². The lowest BCUT2D eigenvalue weighted by Crippen LogP contribution is -2.22. The Hall–Kier alpha value is -8.14. The number of fused-ring (bicyclic) bond motifs is 6. The fourth-order valence-electron chi connectivity index (χ4n) is 9.60. The number of aromatic nitrogens is 2. The maximum absolute atomic E-state index is 4.00. The van der Waals surface area contributed by atoms with E-state index in [9.17, 15) is 0 Å². The first-order valence-electron chi connectivity index (χ1n) is 21.4. The first-order chi connectivity index (χ1) is 30.7. The number of hydrogen-bond acceptors (Lipinski definition) is 1. The number of hydrogen-bond donors (Lipinski definition) is 1. The maximum Gasteiger partial charge on any atom is 0.0707 e. The van der Waals surface area contributed by atoms with Gasteiger partial charge in [0, 0.05) is 38.6 Å². The van der Waals surface area contributed by atoms with Gasteiger partial charge in [0.05, 0.1) is 28.1 Å². The Labute approximate surface area is 360 Å². The third kappa shape index (κ3) is 6.14. The summed E-state index contributed by atoms with van der Waals surface area (Å²) in [6, 6.07) is 81.3. The van der Waals surface area contributed by atoms with E-state index in [1.54, 1.807) is 0 Å². The fourth-order valence-corrected chi connectivity index (χ4v) is 9.60. The van der Waals surface area contributed by atoms with Crippen LogP contribution in [0.25, 0.3) is 88.5 Å². The van der Waals surface area contributed by atoms with Crippen LogP contribution in [0.5, 0.6) is 0 Å². The number of benzene rings is 9. The van der Waals surface area contributed by atoms with Crippen LogP contribution >= 0.6 is 0 Å². The third-order valence-electron chi connectivity index (χ3n) is 12.5. The highest BCUT2D eigenvalue weighted by Crippen LogP contribution is 2.38. The Bertz CT molecular complexity index is 3440. The van der Waals surface area contributed by atoms with Crippen LogP contribution in [0, 0.1) is 0 Å². The van der Waals surface area contributed by atoms with Gasteiger partial charge in [-0.2, -0.15) is 0 Å². The smallest absolute Gasteiger partial charge is 0.0707 e. The average molecular weight is 792 g/mol. The summed E-state index contributed by atoms with van der Waals surface area (Å²) < 4.78 is 4.80. The summed E-state index contributed by atoms with van der Waals surface area (Å²) >= 11 is 0. The minimum Gasteiger partial charge on any atom is -0.374 e. The first kappa shape index (κ1) is 35.8. The van der Waals surface area contributed by atoms with Crippen molar-refractivity contribution in [1.29, 1.82) is 0 Å². The van der Waals surface area contributed by atoms with Crippen LogP contribution in [0.3, 0.4) is 0 Å². The van der Waals surface area contributed by atoms with E-state index in [0.29, 0.717) is 0 Å². The molecule has 3 heterocycles. The molecule has 0 saturated carbocycles. The van der Waals surface area contributed by atoms with Crippen molar-refractivity contribution >= 4 is 54.9 Å². The van der Waals surface area contributed by atoms with Gasteiger partial charge >= 0.3 is 0 Å². The van der Waals surface area contributed by atoms with E-state index in [4.69, 9.17) is 0 Å². The molecule has 1 aliphatic rings. The van der Waals surface area contributed by atoms with Crippen LogP contribution in [0.15, 0.2) is 237 Å². The van der Waals surface area contributed by atoms with Crippen LogP contribution in [0.2, 0.25) is 0 Å². The summed E-state index contributed by atoms with van der Waals surface area (Å²) in [6.45, 7) is 0. The molecule has 62 heavy (non-hydrogen) atoms. The van der Waals surface area contributed by atoms with Gasteiger partial charge in [-0.1, -0.05) is 170 Å². The molecule has 0 amide bonds. The molecule has 1 N–H and O–H groups in total. The Morgan fingerprint density at radius 2 is 0.758 bits per heavy atom. The molecule has 3 heteroatoms. The van der Waals surface area contributed by atoms with Gasteiger partial charge < -0.3 is 14.5 Å². The van der Waals surface area contributed by atoms with Crippen molar-refractivity contribution in [2.24, 2.45) is 0 Å². The minimum atomic E-state index is -0.0860. The van der Waals surface area contributed by atoms with E-state index in [1.165, 1.54) is 82.6 Å². The van der Waals surface area contributed by atoms with E-state index >= 15 is 0 Å². The van der Waals surface area contributed by atoms with Gasteiger partial charge in [0.1, 0.15) is 0 Å². The van der Waals surface area contributed by atoms with Gasteiger partial charge in [-0.3, -0.25) is 0 Å². The normalized spacial score (nSPS) is 14.0. The van der Waals surface area contributed by atoms with Crippen molar-refractivity contribution in [3.63, 3.8) is 0 Å². The van der Waals surface area contributed by atoms with Crippen molar-refractivity contribution in [3.8, 4) is 33.6 Å². The molecule has 0 spiro atoms. The van der Waals surface area contributed by atoms with Gasteiger partial charge in [-0.15, -0.1) is 0 Å². The number of allylic oxidation sites excluding steroid dienone is 2. The number of rotatable bonds is 7. The molecule has 0 bridgehead atoms. The van der Waals surface area contributed by atoms with Crippen molar-refractivity contribution < 1.29 is 0 Å². The topological polar surface area (TPSA) is 21.9 Å². The summed E-state index contributed by atoms with van der Waals surface area (Å²) in [6.07, 6.45) is 4.71. The van der Waals surface area contributed by atoms with Gasteiger partial charge in [0.2, 0.25) is 0 Å². The molecule has 0 aliphatic carbocycles. The van der Waals surface area contributed by atoms with Gasteiger partial charge in [-0.25, -0.2) is 0 Å². The summed E-state index contributed by atoms with van der Waals surface area (Å²) in [7, 11) is 0. The quantitative estimate of drug-likeness (QED) is 0.171. The summed E-state index contributed by atoms with van der Waals surface area (Å²) in [5, 5.41) is 9.04. The van der Waals surface area contributed by atoms with Crippen LogP contribution in [-0.2, 0) is 0 Å². The zero-order valence-electron chi connectivity index (χ0n) is 34.0. The summed E-state index contributed by atoms with van der Waals surface area (Å²) in [5.41, 5.74) is 17.7. The van der Waals surface area contributed by atoms with Crippen molar-refractivity contribution in [2.45, 2.75) is 6.04 Å². The molecule has 9 aromatic carbocycles. The SMILES string of the molecule is C1=C(c2ccc(-c3cccc(-c4ccccc4)c3)cc2)C=C(c2cccc(-n3c4ccccc4c4ccccc43)c2)NC1c1cccc(-n2c3ccccc3c3ccccc32)c1. The molecule has 2 aromatic heterocycles. The van der Waals surface area contributed by atoms with Gasteiger partial charge in [-0.05, 0) is 111 Å². The summed E-state index contributed by atoms with van der Waals surface area (Å²) in [4.78, 5) is 0. The maximum atomic E-state index is 4.00. The molecule has 11 aromatic rings. The zero-order chi connectivity index (χ0) is 41.0. The third-order valence-corrected chi connectivity index (χ3v) is 12.5. The van der Waals surface area contributed by atoms with Crippen LogP contribution in [0.1, 0.15) is 22.7 Å². The van der Waals surface area contributed by atoms with Gasteiger partial charge in [0.25, 0.3) is 0 Å².